The second kappa shape index (κ2) is 8.63. The van der Waals surface area contributed by atoms with E-state index in [1.807, 2.05) is 0 Å². The smallest absolute Gasteiger partial charge is 0.450 e. The van der Waals surface area contributed by atoms with Crippen LogP contribution in [0.3, 0.4) is 0 Å². The van der Waals surface area contributed by atoms with E-state index in [9.17, 15) is 23.6 Å². The summed E-state index contributed by atoms with van der Waals surface area (Å²) in [4.78, 5) is 26.9. The summed E-state index contributed by atoms with van der Waals surface area (Å²) in [7, 11) is 0. The van der Waals surface area contributed by atoms with E-state index in [2.05, 4.69) is 20.9 Å². The van der Waals surface area contributed by atoms with Crippen LogP contribution in [-0.2, 0) is 28.9 Å². The number of nitrogens with zero attached hydrogens (tertiary/aromatic N) is 2. The topological polar surface area (TPSA) is 101 Å². The van der Waals surface area contributed by atoms with Crippen LogP contribution in [0.15, 0.2) is 18.2 Å². The van der Waals surface area contributed by atoms with E-state index in [-0.39, 0.29) is 36.9 Å². The molecule has 0 bridgehead atoms. The van der Waals surface area contributed by atoms with Crippen molar-refractivity contribution in [1.29, 1.82) is 5.26 Å². The van der Waals surface area contributed by atoms with Crippen LogP contribution in [0, 0.1) is 11.3 Å². The molecule has 0 unspecified atom stereocenters. The van der Waals surface area contributed by atoms with Gasteiger partial charge in [0.1, 0.15) is 11.1 Å². The van der Waals surface area contributed by atoms with E-state index in [0.717, 1.165) is 10.4 Å². The number of aryl methyl sites for hydroxylation is 1. The molecule has 0 spiro atoms. The van der Waals surface area contributed by atoms with Crippen LogP contribution in [0.25, 0.3) is 0 Å². The second-order valence-electron chi connectivity index (χ2n) is 7.15. The minimum atomic E-state index is -3.73. The van der Waals surface area contributed by atoms with Gasteiger partial charge in [-0.25, -0.2) is 4.79 Å². The number of carbonyl (C=O) groups excluding carboxylic acids is 2. The van der Waals surface area contributed by atoms with E-state index in [4.69, 9.17) is 4.74 Å². The quantitative estimate of drug-likeness (QED) is 0.719. The predicted octanol–water partition coefficient (Wildman–Crippen LogP) is 4.03. The maximum absolute atomic E-state index is 13.3. The molecule has 3 heterocycles. The van der Waals surface area contributed by atoms with Gasteiger partial charge in [0, 0.05) is 17.8 Å². The molecule has 8 nitrogen and oxygen atoms in total. The fourth-order valence-electron chi connectivity index (χ4n) is 3.64. The van der Waals surface area contributed by atoms with Crippen LogP contribution in [-0.4, -0.2) is 36.3 Å². The summed E-state index contributed by atoms with van der Waals surface area (Å²) in [5, 5.41) is 12.8. The molecule has 0 saturated heterocycles. The van der Waals surface area contributed by atoms with E-state index in [1.165, 1.54) is 17.4 Å². The molecule has 1 aromatic heterocycles. The fraction of sp³-hybridized carbons (Fsp3) is 0.381. The van der Waals surface area contributed by atoms with Crippen molar-refractivity contribution >= 4 is 28.3 Å². The monoisotopic (exact) mass is 463 g/mol. The average Bonchev–Trinajstić information content (AvgIpc) is 3.26. The third-order valence-corrected chi connectivity index (χ3v) is 6.21. The number of hydrogen-bond acceptors (Lipinski definition) is 7. The van der Waals surface area contributed by atoms with Crippen molar-refractivity contribution in [3.8, 4) is 17.6 Å². The molecule has 11 heteroatoms. The lowest BCUT2D eigenvalue weighted by Crippen LogP contribution is -2.35. The molecule has 0 radical (unpaired) electrons. The standard InChI is InChI=1S/C21H19F2N3O5S/c1-2-29-20(28)26-9-8-13-14(10-24)19(32-16(13)11-26)25-17(27)7-6-12-4-3-5-15-18(12)31-21(22,23)30-15/h3-5H,2,6-9,11H2,1H3,(H,25,27). The molecule has 0 atom stereocenters. The molecule has 1 N–H and O–H groups in total. The van der Waals surface area contributed by atoms with Crippen molar-refractivity contribution in [2.24, 2.45) is 0 Å². The number of nitrogens with one attached hydrogen (secondary N) is 1. The zero-order valence-corrected chi connectivity index (χ0v) is 17.9. The predicted molar refractivity (Wildman–Crippen MR) is 110 cm³/mol. The van der Waals surface area contributed by atoms with Crippen molar-refractivity contribution in [2.75, 3.05) is 18.5 Å². The number of thiophene rings is 1. The molecule has 1 aromatic carbocycles. The van der Waals surface area contributed by atoms with Crippen LogP contribution in [0.4, 0.5) is 18.6 Å². The lowest BCUT2D eigenvalue weighted by atomic mass is 10.0. The molecule has 2 aliphatic rings. The Balaban J connectivity index is 1.43. The molecule has 168 valence electrons. The van der Waals surface area contributed by atoms with Gasteiger partial charge in [-0.1, -0.05) is 12.1 Å². The Labute approximate surface area is 186 Å². The van der Waals surface area contributed by atoms with Gasteiger partial charge in [-0.05, 0) is 37.0 Å². The second-order valence-corrected chi connectivity index (χ2v) is 8.26. The number of para-hydroxylation sites is 1. The summed E-state index contributed by atoms with van der Waals surface area (Å²) in [5.41, 5.74) is 1.63. The van der Waals surface area contributed by atoms with E-state index in [1.54, 1.807) is 24.0 Å². The number of fused-ring (bicyclic) bond motifs is 2. The molecule has 2 amide bonds. The summed E-state index contributed by atoms with van der Waals surface area (Å²) >= 11 is 1.25. The highest BCUT2D eigenvalue weighted by Crippen LogP contribution is 2.43. The lowest BCUT2D eigenvalue weighted by molar-refractivity contribution is -0.286. The van der Waals surface area contributed by atoms with Gasteiger partial charge in [0.05, 0.1) is 18.7 Å². The summed E-state index contributed by atoms with van der Waals surface area (Å²) in [5.74, 6) is -0.518. The zero-order valence-electron chi connectivity index (χ0n) is 17.1. The number of ether oxygens (including phenoxy) is 3. The maximum Gasteiger partial charge on any atom is 0.586 e. The third-order valence-electron chi connectivity index (χ3n) is 5.08. The average molecular weight is 463 g/mol. The van der Waals surface area contributed by atoms with Gasteiger partial charge in [-0.3, -0.25) is 4.79 Å². The van der Waals surface area contributed by atoms with Gasteiger partial charge < -0.3 is 24.4 Å². The van der Waals surface area contributed by atoms with Crippen molar-refractivity contribution in [3.63, 3.8) is 0 Å². The van der Waals surface area contributed by atoms with E-state index < -0.39 is 12.4 Å². The summed E-state index contributed by atoms with van der Waals surface area (Å²) < 4.78 is 40.7. The summed E-state index contributed by atoms with van der Waals surface area (Å²) in [6, 6.07) is 6.64. The zero-order chi connectivity index (χ0) is 22.9. The molecule has 0 aliphatic carbocycles. The summed E-state index contributed by atoms with van der Waals surface area (Å²) in [6.45, 7) is 2.74. The number of alkyl halides is 2. The first-order chi connectivity index (χ1) is 15.3. The van der Waals surface area contributed by atoms with Crippen LogP contribution in [0.1, 0.15) is 34.9 Å². The number of hydrogen-bond donors (Lipinski definition) is 1. The Morgan fingerprint density at radius 3 is 2.94 bits per heavy atom. The van der Waals surface area contributed by atoms with Gasteiger partial charge in [0.25, 0.3) is 0 Å². The Bertz CT molecular complexity index is 1110. The lowest BCUT2D eigenvalue weighted by Gasteiger charge is -2.25. The van der Waals surface area contributed by atoms with Crippen LogP contribution >= 0.6 is 11.3 Å². The van der Waals surface area contributed by atoms with Crippen molar-refractivity contribution < 1.29 is 32.6 Å². The number of rotatable bonds is 5. The highest BCUT2D eigenvalue weighted by Gasteiger charge is 2.44. The van der Waals surface area contributed by atoms with Crippen LogP contribution in [0.2, 0.25) is 0 Å². The first kappa shape index (κ1) is 21.8. The van der Waals surface area contributed by atoms with E-state index in [0.29, 0.717) is 35.6 Å². The highest BCUT2D eigenvalue weighted by molar-refractivity contribution is 7.16. The van der Waals surface area contributed by atoms with Crippen LogP contribution < -0.4 is 14.8 Å². The Hall–Kier alpha value is -3.39. The van der Waals surface area contributed by atoms with E-state index >= 15 is 0 Å². The van der Waals surface area contributed by atoms with Gasteiger partial charge in [-0.2, -0.15) is 5.26 Å². The molecule has 32 heavy (non-hydrogen) atoms. The van der Waals surface area contributed by atoms with Gasteiger partial charge in [-0.15, -0.1) is 20.1 Å². The minimum absolute atomic E-state index is 0.00618. The minimum Gasteiger partial charge on any atom is -0.450 e. The Morgan fingerprint density at radius 2 is 2.19 bits per heavy atom. The Kier molecular flexibility index (Phi) is 5.88. The first-order valence-corrected chi connectivity index (χ1v) is 10.8. The van der Waals surface area contributed by atoms with Crippen molar-refractivity contribution in [2.45, 2.75) is 39.0 Å². The molecule has 4 rings (SSSR count). The molecule has 2 aliphatic heterocycles. The molecule has 0 saturated carbocycles. The molecular weight excluding hydrogens is 444 g/mol. The highest BCUT2D eigenvalue weighted by atomic mass is 32.1. The van der Waals surface area contributed by atoms with Crippen molar-refractivity contribution in [1.82, 2.24) is 4.90 Å². The molecule has 2 aromatic rings. The van der Waals surface area contributed by atoms with Crippen molar-refractivity contribution in [3.05, 3.63) is 39.8 Å². The maximum atomic E-state index is 13.3. The number of anilines is 1. The normalized spacial score (nSPS) is 15.6. The number of amides is 2. The number of nitriles is 1. The van der Waals surface area contributed by atoms with Gasteiger partial charge in [0.15, 0.2) is 11.5 Å². The molecular formula is C21H19F2N3O5S. The SMILES string of the molecule is CCOC(=O)N1CCc2c(sc(NC(=O)CCc3cccc4c3OC(F)(F)O4)c2C#N)C1. The third kappa shape index (κ3) is 4.31. The van der Waals surface area contributed by atoms with Crippen LogP contribution in [0.5, 0.6) is 11.5 Å². The summed E-state index contributed by atoms with van der Waals surface area (Å²) in [6.07, 6.45) is -3.50. The van der Waals surface area contributed by atoms with Gasteiger partial charge in [0.2, 0.25) is 5.91 Å². The fourth-order valence-corrected chi connectivity index (χ4v) is 4.87. The number of benzene rings is 1. The largest absolute Gasteiger partial charge is 0.586 e. The molecule has 0 fully saturated rings. The Morgan fingerprint density at radius 1 is 1.38 bits per heavy atom. The van der Waals surface area contributed by atoms with Gasteiger partial charge >= 0.3 is 12.4 Å². The first-order valence-electron chi connectivity index (χ1n) is 9.95. The number of carbonyl (C=O) groups is 2. The number of halogens is 2.